The molecule has 0 bridgehead atoms. The van der Waals surface area contributed by atoms with Crippen LogP contribution in [0.1, 0.15) is 13.3 Å². The van der Waals surface area contributed by atoms with Gasteiger partial charge >= 0.3 is 5.51 Å². The minimum Gasteiger partial charge on any atom is -0.316 e. The predicted molar refractivity (Wildman–Crippen MR) is 86.4 cm³/mol. The molecule has 2 unspecified atom stereocenters. The van der Waals surface area contributed by atoms with Crippen molar-refractivity contribution in [3.05, 3.63) is 24.3 Å². The average Bonchev–Trinajstić information content (AvgIpc) is 2.40. The van der Waals surface area contributed by atoms with Crippen molar-refractivity contribution in [3.8, 4) is 0 Å². The van der Waals surface area contributed by atoms with Gasteiger partial charge in [-0.1, -0.05) is 6.92 Å². The molecule has 1 fully saturated rings. The highest BCUT2D eigenvalue weighted by molar-refractivity contribution is 8.00. The van der Waals surface area contributed by atoms with Gasteiger partial charge in [-0.3, -0.25) is 0 Å². The van der Waals surface area contributed by atoms with Crippen LogP contribution in [-0.4, -0.2) is 33.1 Å². The second-order valence-electron chi connectivity index (χ2n) is 5.22. The lowest BCUT2D eigenvalue weighted by Gasteiger charge is -2.29. The van der Waals surface area contributed by atoms with Gasteiger partial charge in [0.2, 0.25) is 10.0 Å². The van der Waals surface area contributed by atoms with Crippen molar-refractivity contribution in [1.82, 2.24) is 10.0 Å². The summed E-state index contributed by atoms with van der Waals surface area (Å²) in [7, 11) is -3.72. The van der Waals surface area contributed by atoms with E-state index in [1.54, 1.807) is 0 Å². The van der Waals surface area contributed by atoms with Gasteiger partial charge in [0.05, 0.1) is 4.90 Å². The molecule has 1 aromatic rings. The summed E-state index contributed by atoms with van der Waals surface area (Å²) < 4.78 is 64.0. The molecule has 1 saturated heterocycles. The Kier molecular flexibility index (Phi) is 7.21. The van der Waals surface area contributed by atoms with Gasteiger partial charge < -0.3 is 5.32 Å². The van der Waals surface area contributed by atoms with Crippen LogP contribution in [0.15, 0.2) is 34.1 Å². The van der Waals surface area contributed by atoms with E-state index in [2.05, 4.69) is 10.0 Å². The van der Waals surface area contributed by atoms with E-state index >= 15 is 0 Å². The number of halogens is 4. The van der Waals surface area contributed by atoms with Crippen molar-refractivity contribution in [2.45, 2.75) is 34.7 Å². The average molecular weight is 391 g/mol. The van der Waals surface area contributed by atoms with Crippen LogP contribution in [0.2, 0.25) is 0 Å². The van der Waals surface area contributed by atoms with Crippen LogP contribution >= 0.6 is 24.2 Å². The van der Waals surface area contributed by atoms with Crippen LogP contribution in [0.4, 0.5) is 13.2 Å². The standard InChI is InChI=1S/C13H17F3N2O2S2.ClH/c1-9-8-17-7-6-12(9)18-22(19,20)11-4-2-10(3-5-11)21-13(14,15)16;/h2-5,9,12,17-18H,6-8H2,1H3;1H. The third-order valence-electron chi connectivity index (χ3n) is 3.46. The SMILES string of the molecule is CC1CNCCC1NS(=O)(=O)c1ccc(SC(F)(F)F)cc1.Cl. The molecule has 2 atom stereocenters. The topological polar surface area (TPSA) is 58.2 Å². The molecule has 1 heterocycles. The molecule has 2 N–H and O–H groups in total. The third kappa shape index (κ3) is 6.15. The second kappa shape index (κ2) is 8.06. The minimum atomic E-state index is -4.39. The lowest BCUT2D eigenvalue weighted by Crippen LogP contribution is -2.48. The van der Waals surface area contributed by atoms with Crippen LogP contribution in [0, 0.1) is 5.92 Å². The zero-order valence-electron chi connectivity index (χ0n) is 12.3. The maximum Gasteiger partial charge on any atom is 0.446 e. The summed E-state index contributed by atoms with van der Waals surface area (Å²) in [4.78, 5) is -0.0635. The van der Waals surface area contributed by atoms with Gasteiger partial charge in [-0.2, -0.15) is 13.2 Å². The van der Waals surface area contributed by atoms with Gasteiger partial charge in [0, 0.05) is 10.9 Å². The number of rotatable bonds is 4. The summed E-state index contributed by atoms with van der Waals surface area (Å²) in [6, 6.07) is 4.55. The molecule has 0 spiro atoms. The summed E-state index contributed by atoms with van der Waals surface area (Å²) >= 11 is -0.267. The minimum absolute atomic E-state index is 0. The lowest BCUT2D eigenvalue weighted by molar-refractivity contribution is -0.0328. The number of hydrogen-bond donors (Lipinski definition) is 2. The van der Waals surface area contributed by atoms with Crippen LogP contribution in [0.25, 0.3) is 0 Å². The van der Waals surface area contributed by atoms with Crippen molar-refractivity contribution in [1.29, 1.82) is 0 Å². The predicted octanol–water partition coefficient (Wildman–Crippen LogP) is 3.00. The van der Waals surface area contributed by atoms with E-state index in [-0.39, 0.29) is 45.9 Å². The summed E-state index contributed by atoms with van der Waals surface area (Å²) in [6.07, 6.45) is 0.683. The molecule has 1 aliphatic heterocycles. The van der Waals surface area contributed by atoms with Crippen molar-refractivity contribution >= 4 is 34.2 Å². The molecule has 4 nitrogen and oxygen atoms in total. The van der Waals surface area contributed by atoms with E-state index in [4.69, 9.17) is 0 Å². The highest BCUT2D eigenvalue weighted by Gasteiger charge is 2.30. The molecule has 1 aliphatic rings. The fourth-order valence-electron chi connectivity index (χ4n) is 2.28. The number of nitrogens with one attached hydrogen (secondary N) is 2. The van der Waals surface area contributed by atoms with Gasteiger partial charge in [-0.25, -0.2) is 13.1 Å². The fraction of sp³-hybridized carbons (Fsp3) is 0.538. The number of thioether (sulfide) groups is 1. The maximum absolute atomic E-state index is 12.3. The molecule has 132 valence electrons. The van der Waals surface area contributed by atoms with Crippen LogP contribution in [0.5, 0.6) is 0 Å². The number of alkyl halides is 3. The smallest absolute Gasteiger partial charge is 0.316 e. The van der Waals surface area contributed by atoms with Crippen molar-refractivity contribution in [2.24, 2.45) is 5.92 Å². The van der Waals surface area contributed by atoms with E-state index in [0.717, 1.165) is 13.1 Å². The monoisotopic (exact) mass is 390 g/mol. The van der Waals surface area contributed by atoms with Gasteiger partial charge in [0.1, 0.15) is 0 Å². The first kappa shape index (κ1) is 20.6. The van der Waals surface area contributed by atoms with Gasteiger partial charge in [0.25, 0.3) is 0 Å². The van der Waals surface area contributed by atoms with Gasteiger partial charge in [0.15, 0.2) is 0 Å². The largest absolute Gasteiger partial charge is 0.446 e. The molecule has 0 saturated carbocycles. The zero-order chi connectivity index (χ0) is 16.4. The molecule has 0 aliphatic carbocycles. The lowest BCUT2D eigenvalue weighted by atomic mass is 9.97. The Morgan fingerprint density at radius 1 is 1.26 bits per heavy atom. The molecule has 0 amide bonds. The van der Waals surface area contributed by atoms with E-state index < -0.39 is 15.5 Å². The molecular formula is C13H18ClF3N2O2S2. The Balaban J connectivity index is 0.00000264. The van der Waals surface area contributed by atoms with E-state index in [1.807, 2.05) is 6.92 Å². The van der Waals surface area contributed by atoms with E-state index in [9.17, 15) is 21.6 Å². The molecule has 2 rings (SSSR count). The molecule has 1 aromatic carbocycles. The first-order valence-electron chi connectivity index (χ1n) is 6.76. The van der Waals surface area contributed by atoms with Crippen LogP contribution < -0.4 is 10.0 Å². The Hall–Kier alpha value is -0.480. The summed E-state index contributed by atoms with van der Waals surface area (Å²) in [5.74, 6) is 0.156. The van der Waals surface area contributed by atoms with Crippen molar-refractivity contribution < 1.29 is 21.6 Å². The van der Waals surface area contributed by atoms with Crippen LogP contribution in [0.3, 0.4) is 0 Å². The Morgan fingerprint density at radius 3 is 2.39 bits per heavy atom. The maximum atomic E-state index is 12.3. The number of sulfonamides is 1. The fourth-order valence-corrected chi connectivity index (χ4v) is 4.20. The van der Waals surface area contributed by atoms with Crippen molar-refractivity contribution in [2.75, 3.05) is 13.1 Å². The highest BCUT2D eigenvalue weighted by Crippen LogP contribution is 2.36. The first-order valence-corrected chi connectivity index (χ1v) is 9.06. The summed E-state index contributed by atoms with van der Waals surface area (Å²) in [5, 5.41) is 3.18. The molecular weight excluding hydrogens is 373 g/mol. The van der Waals surface area contributed by atoms with Crippen LogP contribution in [-0.2, 0) is 10.0 Å². The normalized spacial score (nSPS) is 22.4. The molecule has 10 heteroatoms. The first-order chi connectivity index (χ1) is 10.2. The Labute approximate surface area is 144 Å². The van der Waals surface area contributed by atoms with E-state index in [1.165, 1.54) is 24.3 Å². The number of piperidine rings is 1. The number of hydrogen-bond acceptors (Lipinski definition) is 4. The second-order valence-corrected chi connectivity index (χ2v) is 8.07. The summed E-state index contributed by atoms with van der Waals surface area (Å²) in [6.45, 7) is 3.41. The van der Waals surface area contributed by atoms with E-state index in [0.29, 0.717) is 6.42 Å². The highest BCUT2D eigenvalue weighted by atomic mass is 35.5. The third-order valence-corrected chi connectivity index (χ3v) is 5.70. The zero-order valence-corrected chi connectivity index (χ0v) is 14.7. The Bertz CT molecular complexity index is 609. The van der Waals surface area contributed by atoms with Gasteiger partial charge in [-0.15, -0.1) is 12.4 Å². The Morgan fingerprint density at radius 2 is 1.87 bits per heavy atom. The van der Waals surface area contributed by atoms with Crippen molar-refractivity contribution in [3.63, 3.8) is 0 Å². The number of benzene rings is 1. The summed E-state index contributed by atoms with van der Waals surface area (Å²) in [5.41, 5.74) is -4.39. The van der Waals surface area contributed by atoms with Gasteiger partial charge in [-0.05, 0) is 61.5 Å². The molecule has 0 aromatic heterocycles. The molecule has 23 heavy (non-hydrogen) atoms. The quantitative estimate of drug-likeness (QED) is 0.776. The molecule has 0 radical (unpaired) electrons.